The predicted molar refractivity (Wildman–Crippen MR) is 95.6 cm³/mol. The van der Waals surface area contributed by atoms with Gasteiger partial charge in [0.25, 0.3) is 0 Å². The Labute approximate surface area is 151 Å². The molecule has 1 aromatic heterocycles. The number of benzene rings is 1. The van der Waals surface area contributed by atoms with Crippen LogP contribution in [-0.4, -0.2) is 35.8 Å². The summed E-state index contributed by atoms with van der Waals surface area (Å²) in [5.74, 6) is -1.00. The van der Waals surface area contributed by atoms with Gasteiger partial charge in [-0.15, -0.1) is 0 Å². The molecule has 0 spiro atoms. The molecule has 7 heteroatoms. The number of hydrogen-bond acceptors (Lipinski definition) is 5. The van der Waals surface area contributed by atoms with Crippen molar-refractivity contribution >= 4 is 23.0 Å². The molecule has 2 aromatic rings. The second-order valence-corrected chi connectivity index (χ2v) is 6.69. The molecule has 0 saturated heterocycles. The van der Waals surface area contributed by atoms with Crippen molar-refractivity contribution < 1.29 is 23.5 Å². The number of halogens is 1. The molecule has 0 fully saturated rings. The largest absolute Gasteiger partial charge is 0.462 e. The Bertz CT molecular complexity index is 815. The molecule has 0 unspecified atom stereocenters. The molecule has 1 amide bonds. The third-order valence-electron chi connectivity index (χ3n) is 3.40. The maximum absolute atomic E-state index is 14.0. The van der Waals surface area contributed by atoms with Gasteiger partial charge in [0.1, 0.15) is 16.9 Å². The van der Waals surface area contributed by atoms with Crippen molar-refractivity contribution in [2.45, 2.75) is 39.7 Å². The normalized spacial score (nSPS) is 11.3. The SMILES string of the molecule is CCOC(=O)c1cc2cccc(F)c2nc1CCNC(=O)OC(C)(C)C. The molecule has 2 rings (SSSR count). The first kappa shape index (κ1) is 19.6. The highest BCUT2D eigenvalue weighted by Crippen LogP contribution is 2.20. The van der Waals surface area contributed by atoms with Crippen LogP contribution in [0, 0.1) is 5.82 Å². The summed E-state index contributed by atoms with van der Waals surface area (Å²) in [6.45, 7) is 7.40. The Morgan fingerprint density at radius 2 is 2.00 bits per heavy atom. The Balaban J connectivity index is 2.23. The van der Waals surface area contributed by atoms with Crippen molar-refractivity contribution in [2.75, 3.05) is 13.2 Å². The fraction of sp³-hybridized carbons (Fsp3) is 0.421. The average Bonchev–Trinajstić information content (AvgIpc) is 2.53. The van der Waals surface area contributed by atoms with Gasteiger partial charge in [-0.3, -0.25) is 0 Å². The van der Waals surface area contributed by atoms with Crippen LogP contribution < -0.4 is 5.32 Å². The standard InChI is InChI=1S/C19H23FN2O4/c1-5-25-17(23)13-11-12-7-6-8-14(20)16(12)22-15(13)9-10-21-18(24)26-19(2,3)4/h6-8,11H,5,9-10H2,1-4H3,(H,21,24). The van der Waals surface area contributed by atoms with Gasteiger partial charge in [0, 0.05) is 18.4 Å². The van der Waals surface area contributed by atoms with Gasteiger partial charge >= 0.3 is 12.1 Å². The molecular formula is C19H23FN2O4. The zero-order valence-electron chi connectivity index (χ0n) is 15.4. The van der Waals surface area contributed by atoms with Gasteiger partial charge in [-0.05, 0) is 39.8 Å². The maximum atomic E-state index is 14.0. The molecule has 0 aliphatic rings. The first-order valence-corrected chi connectivity index (χ1v) is 8.43. The summed E-state index contributed by atoms with van der Waals surface area (Å²) >= 11 is 0. The number of aromatic nitrogens is 1. The van der Waals surface area contributed by atoms with E-state index in [2.05, 4.69) is 10.3 Å². The van der Waals surface area contributed by atoms with E-state index in [9.17, 15) is 14.0 Å². The van der Waals surface area contributed by atoms with Crippen LogP contribution in [0.2, 0.25) is 0 Å². The van der Waals surface area contributed by atoms with Crippen LogP contribution in [0.4, 0.5) is 9.18 Å². The van der Waals surface area contributed by atoms with Crippen LogP contribution >= 0.6 is 0 Å². The molecule has 1 N–H and O–H groups in total. The first-order chi connectivity index (χ1) is 12.2. The summed E-state index contributed by atoms with van der Waals surface area (Å²) in [5, 5.41) is 3.11. The van der Waals surface area contributed by atoms with Crippen molar-refractivity contribution in [3.63, 3.8) is 0 Å². The van der Waals surface area contributed by atoms with Gasteiger partial charge in [-0.25, -0.2) is 19.0 Å². The summed E-state index contributed by atoms with van der Waals surface area (Å²) in [4.78, 5) is 28.2. The smallest absolute Gasteiger partial charge is 0.407 e. The van der Waals surface area contributed by atoms with Crippen LogP contribution in [0.5, 0.6) is 0 Å². The topological polar surface area (TPSA) is 77.5 Å². The monoisotopic (exact) mass is 362 g/mol. The summed E-state index contributed by atoms with van der Waals surface area (Å²) in [7, 11) is 0. The van der Waals surface area contributed by atoms with E-state index in [4.69, 9.17) is 9.47 Å². The number of fused-ring (bicyclic) bond motifs is 1. The molecule has 0 aliphatic carbocycles. The van der Waals surface area contributed by atoms with Crippen LogP contribution in [0.3, 0.4) is 0 Å². The van der Waals surface area contributed by atoms with Crippen molar-refractivity contribution in [1.29, 1.82) is 0 Å². The number of alkyl carbamates (subject to hydrolysis) is 1. The molecular weight excluding hydrogens is 339 g/mol. The predicted octanol–water partition coefficient (Wildman–Crippen LogP) is 3.62. The number of carbonyl (C=O) groups is 2. The minimum absolute atomic E-state index is 0.174. The average molecular weight is 362 g/mol. The summed E-state index contributed by atoms with van der Waals surface area (Å²) < 4.78 is 24.2. The van der Waals surface area contributed by atoms with E-state index < -0.39 is 23.5 Å². The van der Waals surface area contributed by atoms with Gasteiger partial charge in [0.05, 0.1) is 17.9 Å². The molecule has 0 aliphatic heterocycles. The zero-order chi connectivity index (χ0) is 19.3. The quantitative estimate of drug-likeness (QED) is 0.822. The number of nitrogens with zero attached hydrogens (tertiary/aromatic N) is 1. The molecule has 1 heterocycles. The third kappa shape index (κ3) is 5.15. The highest BCUT2D eigenvalue weighted by molar-refractivity contribution is 5.95. The van der Waals surface area contributed by atoms with Crippen LogP contribution in [0.25, 0.3) is 10.9 Å². The summed E-state index contributed by atoms with van der Waals surface area (Å²) in [6, 6.07) is 6.10. The Kier molecular flexibility index (Phi) is 6.13. The maximum Gasteiger partial charge on any atom is 0.407 e. The third-order valence-corrected chi connectivity index (χ3v) is 3.40. The lowest BCUT2D eigenvalue weighted by Gasteiger charge is -2.19. The van der Waals surface area contributed by atoms with Crippen molar-refractivity contribution in [3.8, 4) is 0 Å². The van der Waals surface area contributed by atoms with Crippen LogP contribution in [0.1, 0.15) is 43.7 Å². The number of carbonyl (C=O) groups excluding carboxylic acids is 2. The van der Waals surface area contributed by atoms with Gasteiger partial charge in [-0.2, -0.15) is 0 Å². The fourth-order valence-electron chi connectivity index (χ4n) is 2.37. The fourth-order valence-corrected chi connectivity index (χ4v) is 2.37. The summed E-state index contributed by atoms with van der Waals surface area (Å²) in [6.07, 6.45) is -0.334. The number of para-hydroxylation sites is 1. The van der Waals surface area contributed by atoms with Gasteiger partial charge in [0.15, 0.2) is 0 Å². The number of nitrogens with one attached hydrogen (secondary N) is 1. The highest BCUT2D eigenvalue weighted by Gasteiger charge is 2.18. The Morgan fingerprint density at radius 3 is 2.65 bits per heavy atom. The molecule has 1 aromatic carbocycles. The lowest BCUT2D eigenvalue weighted by molar-refractivity contribution is 0.0521. The number of esters is 1. The van der Waals surface area contributed by atoms with E-state index in [1.165, 1.54) is 6.07 Å². The zero-order valence-corrected chi connectivity index (χ0v) is 15.4. The Hall–Kier alpha value is -2.70. The van der Waals surface area contributed by atoms with Gasteiger partial charge in [-0.1, -0.05) is 12.1 Å². The molecule has 0 atom stereocenters. The van der Waals surface area contributed by atoms with Crippen molar-refractivity contribution in [3.05, 3.63) is 41.3 Å². The summed E-state index contributed by atoms with van der Waals surface area (Å²) in [5.41, 5.74) is 0.186. The molecule has 0 saturated carbocycles. The lowest BCUT2D eigenvalue weighted by Crippen LogP contribution is -2.33. The number of pyridine rings is 1. The minimum Gasteiger partial charge on any atom is -0.462 e. The van der Waals surface area contributed by atoms with E-state index >= 15 is 0 Å². The van der Waals surface area contributed by atoms with Crippen LogP contribution in [0.15, 0.2) is 24.3 Å². The second-order valence-electron chi connectivity index (χ2n) is 6.69. The number of ether oxygens (including phenoxy) is 2. The molecule has 140 valence electrons. The second kappa shape index (κ2) is 8.12. The molecule has 0 bridgehead atoms. The van der Waals surface area contributed by atoms with Crippen molar-refractivity contribution in [2.24, 2.45) is 0 Å². The van der Waals surface area contributed by atoms with E-state index in [1.54, 1.807) is 45.9 Å². The van der Waals surface area contributed by atoms with Crippen molar-refractivity contribution in [1.82, 2.24) is 10.3 Å². The number of rotatable bonds is 5. The first-order valence-electron chi connectivity index (χ1n) is 8.43. The van der Waals surface area contributed by atoms with Crippen LogP contribution in [-0.2, 0) is 15.9 Å². The number of hydrogen-bond donors (Lipinski definition) is 1. The lowest BCUT2D eigenvalue weighted by atomic mass is 10.1. The molecule has 6 nitrogen and oxygen atoms in total. The number of amides is 1. The van der Waals surface area contributed by atoms with Gasteiger partial charge in [0.2, 0.25) is 0 Å². The Morgan fingerprint density at radius 1 is 1.27 bits per heavy atom. The van der Waals surface area contributed by atoms with E-state index in [0.29, 0.717) is 11.1 Å². The van der Waals surface area contributed by atoms with E-state index in [0.717, 1.165) is 0 Å². The minimum atomic E-state index is -0.607. The molecule has 0 radical (unpaired) electrons. The van der Waals surface area contributed by atoms with Gasteiger partial charge < -0.3 is 14.8 Å². The van der Waals surface area contributed by atoms with E-state index in [-0.39, 0.29) is 30.7 Å². The van der Waals surface area contributed by atoms with E-state index in [1.807, 2.05) is 0 Å². The highest BCUT2D eigenvalue weighted by atomic mass is 19.1. The molecule has 26 heavy (non-hydrogen) atoms.